The van der Waals surface area contributed by atoms with E-state index < -0.39 is 0 Å². The minimum atomic E-state index is -0.264. The van der Waals surface area contributed by atoms with Crippen molar-refractivity contribution in [1.82, 2.24) is 9.80 Å². The molecule has 2 fully saturated rings. The molecule has 5 heteroatoms. The van der Waals surface area contributed by atoms with E-state index in [-0.39, 0.29) is 36.3 Å². The van der Waals surface area contributed by atoms with Crippen LogP contribution in [0.5, 0.6) is 0 Å². The molecule has 0 radical (unpaired) electrons. The first kappa shape index (κ1) is 17.9. The van der Waals surface area contributed by atoms with Crippen molar-refractivity contribution in [2.75, 3.05) is 26.2 Å². The number of amides is 2. The molecule has 1 aliphatic heterocycles. The summed E-state index contributed by atoms with van der Waals surface area (Å²) in [6.45, 7) is 3.46. The van der Waals surface area contributed by atoms with Crippen LogP contribution in [0.15, 0.2) is 30.3 Å². The molecule has 3 rings (SSSR count). The van der Waals surface area contributed by atoms with Crippen LogP contribution in [0.3, 0.4) is 0 Å². The van der Waals surface area contributed by atoms with Crippen LogP contribution in [0.2, 0.25) is 0 Å². The van der Waals surface area contributed by atoms with Gasteiger partial charge >= 0.3 is 0 Å². The van der Waals surface area contributed by atoms with Crippen molar-refractivity contribution < 1.29 is 14.7 Å². The molecule has 1 aliphatic carbocycles. The normalized spacial score (nSPS) is 25.5. The predicted molar refractivity (Wildman–Crippen MR) is 95.8 cm³/mol. The summed E-state index contributed by atoms with van der Waals surface area (Å²) in [6.07, 6.45) is 3.61. The Labute approximate surface area is 149 Å². The van der Waals surface area contributed by atoms with Crippen molar-refractivity contribution >= 4 is 11.8 Å². The van der Waals surface area contributed by atoms with E-state index in [4.69, 9.17) is 0 Å². The number of aliphatic hydroxyl groups excluding tert-OH is 1. The molecule has 1 saturated carbocycles. The van der Waals surface area contributed by atoms with Gasteiger partial charge in [-0.25, -0.2) is 0 Å². The van der Waals surface area contributed by atoms with Crippen molar-refractivity contribution in [3.05, 3.63) is 35.9 Å². The first-order valence-corrected chi connectivity index (χ1v) is 9.30. The molecule has 136 valence electrons. The minimum absolute atomic E-state index is 0.00654. The Balaban J connectivity index is 1.56. The number of aliphatic hydroxyl groups is 1. The van der Waals surface area contributed by atoms with Crippen LogP contribution in [-0.4, -0.2) is 59.0 Å². The Morgan fingerprint density at radius 1 is 1.16 bits per heavy atom. The topological polar surface area (TPSA) is 60.9 Å². The van der Waals surface area contributed by atoms with Crippen LogP contribution in [0.4, 0.5) is 0 Å². The van der Waals surface area contributed by atoms with Gasteiger partial charge in [0.25, 0.3) is 0 Å². The zero-order valence-corrected chi connectivity index (χ0v) is 14.9. The number of hydrogen-bond acceptors (Lipinski definition) is 3. The highest BCUT2D eigenvalue weighted by molar-refractivity contribution is 5.84. The number of likely N-dealkylation sites (tertiary alicyclic amines) is 1. The van der Waals surface area contributed by atoms with Crippen molar-refractivity contribution in [2.24, 2.45) is 11.8 Å². The molecule has 1 heterocycles. The van der Waals surface area contributed by atoms with Crippen molar-refractivity contribution in [2.45, 2.75) is 38.7 Å². The number of rotatable bonds is 5. The lowest BCUT2D eigenvalue weighted by Gasteiger charge is -2.45. The van der Waals surface area contributed by atoms with Crippen LogP contribution in [-0.2, 0) is 16.0 Å². The van der Waals surface area contributed by atoms with Crippen LogP contribution in [0, 0.1) is 11.8 Å². The largest absolute Gasteiger partial charge is 0.392 e. The lowest BCUT2D eigenvalue weighted by atomic mass is 9.75. The van der Waals surface area contributed by atoms with E-state index in [1.807, 2.05) is 35.2 Å². The van der Waals surface area contributed by atoms with Crippen LogP contribution >= 0.6 is 0 Å². The third-order valence-electron chi connectivity index (χ3n) is 5.66. The summed E-state index contributed by atoms with van der Waals surface area (Å²) in [5.41, 5.74) is 1.16. The Kier molecular flexibility index (Phi) is 5.74. The van der Waals surface area contributed by atoms with Gasteiger partial charge in [0.15, 0.2) is 0 Å². The molecule has 0 aromatic heterocycles. The first-order chi connectivity index (χ1) is 12.0. The van der Waals surface area contributed by atoms with Gasteiger partial charge in [-0.05, 0) is 24.8 Å². The maximum atomic E-state index is 12.7. The van der Waals surface area contributed by atoms with Gasteiger partial charge in [0.05, 0.1) is 12.6 Å². The van der Waals surface area contributed by atoms with E-state index in [0.717, 1.165) is 31.2 Å². The van der Waals surface area contributed by atoms with E-state index >= 15 is 0 Å². The van der Waals surface area contributed by atoms with E-state index in [1.54, 1.807) is 4.90 Å². The number of piperidine rings is 1. The molecule has 2 bridgehead atoms. The van der Waals surface area contributed by atoms with Gasteiger partial charge in [-0.2, -0.15) is 0 Å². The minimum Gasteiger partial charge on any atom is -0.392 e. The van der Waals surface area contributed by atoms with E-state index in [9.17, 15) is 14.7 Å². The summed E-state index contributed by atoms with van der Waals surface area (Å²) >= 11 is 0. The second kappa shape index (κ2) is 8.00. The van der Waals surface area contributed by atoms with Gasteiger partial charge in [-0.3, -0.25) is 9.59 Å². The highest BCUT2D eigenvalue weighted by atomic mass is 16.3. The quantitative estimate of drug-likeness (QED) is 0.884. The molecule has 1 aromatic carbocycles. The highest BCUT2D eigenvalue weighted by Gasteiger charge is 2.39. The SMILES string of the molecule is CC(=O)N(CCc1ccccc1)CC(=O)N1C[C@H]2CCC[C@@H](C1)C2O. The van der Waals surface area contributed by atoms with Gasteiger partial charge in [-0.1, -0.05) is 36.8 Å². The van der Waals surface area contributed by atoms with Crippen LogP contribution in [0.1, 0.15) is 31.7 Å². The van der Waals surface area contributed by atoms with E-state index in [2.05, 4.69) is 0 Å². The zero-order valence-electron chi connectivity index (χ0n) is 14.9. The molecule has 1 unspecified atom stereocenters. The third-order valence-corrected chi connectivity index (χ3v) is 5.66. The van der Waals surface area contributed by atoms with Gasteiger partial charge in [-0.15, -0.1) is 0 Å². The molecular weight excluding hydrogens is 316 g/mol. The molecule has 1 aromatic rings. The molecule has 0 spiro atoms. The predicted octanol–water partition coefficient (Wildman–Crippen LogP) is 1.70. The summed E-state index contributed by atoms with van der Waals surface area (Å²) in [4.78, 5) is 28.2. The summed E-state index contributed by atoms with van der Waals surface area (Å²) in [5.74, 6) is 0.340. The van der Waals surface area contributed by atoms with Crippen molar-refractivity contribution in [3.8, 4) is 0 Å². The number of fused-ring (bicyclic) bond motifs is 2. The number of carbonyl (C=O) groups is 2. The fourth-order valence-corrected chi connectivity index (χ4v) is 4.13. The molecule has 25 heavy (non-hydrogen) atoms. The third kappa shape index (κ3) is 4.40. The molecule has 5 nitrogen and oxygen atoms in total. The Hall–Kier alpha value is -1.88. The summed E-state index contributed by atoms with van der Waals surface area (Å²) in [5, 5.41) is 10.3. The number of hydrogen-bond donors (Lipinski definition) is 1. The Morgan fingerprint density at radius 2 is 1.80 bits per heavy atom. The maximum Gasteiger partial charge on any atom is 0.242 e. The van der Waals surface area contributed by atoms with E-state index in [1.165, 1.54) is 6.92 Å². The summed E-state index contributed by atoms with van der Waals surface area (Å²) in [6, 6.07) is 10.0. The zero-order chi connectivity index (χ0) is 17.8. The first-order valence-electron chi connectivity index (χ1n) is 9.30. The molecule has 2 amide bonds. The molecule has 1 saturated heterocycles. The number of benzene rings is 1. The van der Waals surface area contributed by atoms with Crippen LogP contribution in [0.25, 0.3) is 0 Å². The highest BCUT2D eigenvalue weighted by Crippen LogP contribution is 2.34. The molecular formula is C20H28N2O3. The van der Waals surface area contributed by atoms with Gasteiger partial charge in [0.2, 0.25) is 11.8 Å². The fourth-order valence-electron chi connectivity index (χ4n) is 4.13. The van der Waals surface area contributed by atoms with Gasteiger partial charge < -0.3 is 14.9 Å². The average molecular weight is 344 g/mol. The van der Waals surface area contributed by atoms with Gasteiger partial charge in [0.1, 0.15) is 0 Å². The number of carbonyl (C=O) groups excluding carboxylic acids is 2. The van der Waals surface area contributed by atoms with E-state index in [0.29, 0.717) is 19.6 Å². The molecule has 1 N–H and O–H groups in total. The second-order valence-corrected chi connectivity index (χ2v) is 7.42. The Bertz CT molecular complexity index is 590. The average Bonchev–Trinajstić information content (AvgIpc) is 2.58. The molecule has 3 atom stereocenters. The fraction of sp³-hybridized carbons (Fsp3) is 0.600. The summed E-state index contributed by atoms with van der Waals surface area (Å²) in [7, 11) is 0. The van der Waals surface area contributed by atoms with Crippen molar-refractivity contribution in [1.29, 1.82) is 0 Å². The Morgan fingerprint density at radius 3 is 2.40 bits per heavy atom. The lowest BCUT2D eigenvalue weighted by Crippen LogP contribution is -2.55. The maximum absolute atomic E-state index is 12.7. The van der Waals surface area contributed by atoms with Crippen LogP contribution < -0.4 is 0 Å². The smallest absolute Gasteiger partial charge is 0.242 e. The van der Waals surface area contributed by atoms with Gasteiger partial charge in [0, 0.05) is 38.4 Å². The number of nitrogens with zero attached hydrogens (tertiary/aromatic N) is 2. The monoisotopic (exact) mass is 344 g/mol. The standard InChI is InChI=1S/C20H28N2O3/c1-15(23)21(11-10-16-6-3-2-4-7-16)14-19(24)22-12-17-8-5-9-18(13-22)20(17)25/h2-4,6-7,17-18,20,25H,5,8-14H2,1H3/t17-,18+,20?. The van der Waals surface area contributed by atoms with Crippen molar-refractivity contribution in [3.63, 3.8) is 0 Å². The lowest BCUT2D eigenvalue weighted by molar-refractivity contribution is -0.145. The second-order valence-electron chi connectivity index (χ2n) is 7.42. The summed E-state index contributed by atoms with van der Waals surface area (Å²) < 4.78 is 0. The molecule has 2 aliphatic rings.